The molecule has 3 nitrogen and oxygen atoms in total. The molecule has 100 valence electrons. The summed E-state index contributed by atoms with van der Waals surface area (Å²) in [6.45, 7) is 9.76. The maximum Gasteiger partial charge on any atom is 0.129 e. The summed E-state index contributed by atoms with van der Waals surface area (Å²) >= 11 is 0. The Morgan fingerprint density at radius 3 is 2.94 bits per heavy atom. The number of pyridine rings is 1. The first kappa shape index (κ1) is 13.3. The number of piperidine rings is 1. The number of aromatic nitrogens is 1. The van der Waals surface area contributed by atoms with Crippen molar-refractivity contribution in [1.82, 2.24) is 10.3 Å². The van der Waals surface area contributed by atoms with Crippen molar-refractivity contribution in [3.05, 3.63) is 23.9 Å². The van der Waals surface area contributed by atoms with Gasteiger partial charge in [0, 0.05) is 19.1 Å². The van der Waals surface area contributed by atoms with Gasteiger partial charge in [-0.05, 0) is 44.4 Å². The van der Waals surface area contributed by atoms with Crippen LogP contribution in [-0.4, -0.2) is 24.1 Å². The molecule has 2 unspecified atom stereocenters. The summed E-state index contributed by atoms with van der Waals surface area (Å²) in [5.74, 6) is 1.92. The van der Waals surface area contributed by atoms with E-state index in [-0.39, 0.29) is 0 Å². The molecule has 3 heteroatoms. The molecule has 1 N–H and O–H groups in total. The van der Waals surface area contributed by atoms with Crippen molar-refractivity contribution >= 4 is 5.82 Å². The molecule has 0 bridgehead atoms. The highest BCUT2D eigenvalue weighted by molar-refractivity contribution is 5.41. The highest BCUT2D eigenvalue weighted by Gasteiger charge is 2.23. The van der Waals surface area contributed by atoms with Crippen LogP contribution in [0, 0.1) is 5.92 Å². The van der Waals surface area contributed by atoms with E-state index in [1.54, 1.807) is 0 Å². The molecule has 2 heterocycles. The SMILES string of the molecule is CCNCc1cccc(N2CC(C)CCC2C)n1. The Labute approximate surface area is 111 Å². The van der Waals surface area contributed by atoms with Crippen molar-refractivity contribution in [1.29, 1.82) is 0 Å². The lowest BCUT2D eigenvalue weighted by atomic mass is 9.95. The van der Waals surface area contributed by atoms with E-state index < -0.39 is 0 Å². The molecule has 0 aliphatic carbocycles. The Bertz CT molecular complexity index is 378. The monoisotopic (exact) mass is 247 g/mol. The minimum absolute atomic E-state index is 0.614. The van der Waals surface area contributed by atoms with Crippen LogP contribution < -0.4 is 10.2 Å². The van der Waals surface area contributed by atoms with Crippen LogP contribution >= 0.6 is 0 Å². The zero-order valence-corrected chi connectivity index (χ0v) is 11.8. The zero-order chi connectivity index (χ0) is 13.0. The van der Waals surface area contributed by atoms with Gasteiger partial charge in [0.2, 0.25) is 0 Å². The van der Waals surface area contributed by atoms with Gasteiger partial charge in [-0.3, -0.25) is 0 Å². The molecule has 18 heavy (non-hydrogen) atoms. The molecule has 0 amide bonds. The van der Waals surface area contributed by atoms with E-state index in [2.05, 4.69) is 49.2 Å². The Balaban J connectivity index is 2.11. The van der Waals surface area contributed by atoms with Gasteiger partial charge in [0.05, 0.1) is 5.69 Å². The first-order valence-electron chi connectivity index (χ1n) is 7.14. The van der Waals surface area contributed by atoms with Crippen LogP contribution in [0.3, 0.4) is 0 Å². The van der Waals surface area contributed by atoms with Crippen LogP contribution in [0.4, 0.5) is 5.82 Å². The molecule has 1 fully saturated rings. The lowest BCUT2D eigenvalue weighted by molar-refractivity contribution is 0.388. The lowest BCUT2D eigenvalue weighted by Crippen LogP contribution is -2.41. The van der Waals surface area contributed by atoms with Crippen LogP contribution in [0.25, 0.3) is 0 Å². The summed E-state index contributed by atoms with van der Waals surface area (Å²) in [4.78, 5) is 7.24. The Kier molecular flexibility index (Phi) is 4.59. The van der Waals surface area contributed by atoms with Crippen molar-refractivity contribution in [2.75, 3.05) is 18.0 Å². The predicted octanol–water partition coefficient (Wildman–Crippen LogP) is 2.82. The molecule has 1 aliphatic rings. The minimum atomic E-state index is 0.614. The second-order valence-electron chi connectivity index (χ2n) is 5.45. The summed E-state index contributed by atoms with van der Waals surface area (Å²) < 4.78 is 0. The van der Waals surface area contributed by atoms with Crippen molar-refractivity contribution in [3.63, 3.8) is 0 Å². The van der Waals surface area contributed by atoms with E-state index in [0.717, 1.165) is 37.1 Å². The number of rotatable bonds is 4. The van der Waals surface area contributed by atoms with E-state index >= 15 is 0 Å². The summed E-state index contributed by atoms with van der Waals surface area (Å²) in [6, 6.07) is 6.98. The van der Waals surface area contributed by atoms with Crippen LogP contribution in [0.5, 0.6) is 0 Å². The molecule has 0 saturated carbocycles. The molecular formula is C15H25N3. The maximum absolute atomic E-state index is 4.78. The third kappa shape index (κ3) is 3.22. The summed E-state index contributed by atoms with van der Waals surface area (Å²) in [7, 11) is 0. The normalized spacial score (nSPS) is 24.3. The van der Waals surface area contributed by atoms with Gasteiger partial charge in [-0.2, -0.15) is 0 Å². The van der Waals surface area contributed by atoms with Gasteiger partial charge in [-0.1, -0.05) is 19.9 Å². The van der Waals surface area contributed by atoms with E-state index in [9.17, 15) is 0 Å². The largest absolute Gasteiger partial charge is 0.354 e. The number of nitrogens with zero attached hydrogens (tertiary/aromatic N) is 2. The maximum atomic E-state index is 4.78. The zero-order valence-electron chi connectivity index (χ0n) is 11.8. The topological polar surface area (TPSA) is 28.2 Å². The fraction of sp³-hybridized carbons (Fsp3) is 0.667. The van der Waals surface area contributed by atoms with Crippen LogP contribution in [0.1, 0.15) is 39.3 Å². The number of hydrogen-bond donors (Lipinski definition) is 1. The van der Waals surface area contributed by atoms with Crippen molar-refractivity contribution in [2.45, 2.75) is 46.2 Å². The third-order valence-electron chi connectivity index (χ3n) is 3.76. The molecule has 0 spiro atoms. The van der Waals surface area contributed by atoms with E-state index in [4.69, 9.17) is 4.98 Å². The van der Waals surface area contributed by atoms with Gasteiger partial charge in [0.25, 0.3) is 0 Å². The average Bonchev–Trinajstić information content (AvgIpc) is 2.39. The second-order valence-corrected chi connectivity index (χ2v) is 5.45. The lowest BCUT2D eigenvalue weighted by Gasteiger charge is -2.37. The van der Waals surface area contributed by atoms with Gasteiger partial charge in [-0.15, -0.1) is 0 Å². The minimum Gasteiger partial charge on any atom is -0.354 e. The molecule has 1 saturated heterocycles. The molecule has 0 radical (unpaired) electrons. The standard InChI is InChI=1S/C15H25N3/c1-4-16-10-14-6-5-7-15(17-14)18-11-12(2)8-9-13(18)3/h5-7,12-13,16H,4,8-11H2,1-3H3. The fourth-order valence-electron chi connectivity index (χ4n) is 2.59. The highest BCUT2D eigenvalue weighted by Crippen LogP contribution is 2.26. The molecule has 2 rings (SSSR count). The van der Waals surface area contributed by atoms with Crippen LogP contribution in [0.2, 0.25) is 0 Å². The summed E-state index contributed by atoms with van der Waals surface area (Å²) in [6.07, 6.45) is 2.62. The summed E-state index contributed by atoms with van der Waals surface area (Å²) in [5, 5.41) is 3.33. The first-order valence-corrected chi connectivity index (χ1v) is 7.14. The highest BCUT2D eigenvalue weighted by atomic mass is 15.2. The van der Waals surface area contributed by atoms with Crippen LogP contribution in [0.15, 0.2) is 18.2 Å². The average molecular weight is 247 g/mol. The first-order chi connectivity index (χ1) is 8.70. The molecule has 1 aromatic rings. The number of anilines is 1. The Morgan fingerprint density at radius 1 is 1.33 bits per heavy atom. The van der Waals surface area contributed by atoms with Crippen molar-refractivity contribution in [2.24, 2.45) is 5.92 Å². The van der Waals surface area contributed by atoms with Gasteiger partial charge in [0.15, 0.2) is 0 Å². The number of nitrogens with one attached hydrogen (secondary N) is 1. The van der Waals surface area contributed by atoms with Crippen molar-refractivity contribution < 1.29 is 0 Å². The smallest absolute Gasteiger partial charge is 0.129 e. The number of hydrogen-bond acceptors (Lipinski definition) is 3. The van der Waals surface area contributed by atoms with Gasteiger partial charge in [-0.25, -0.2) is 4.98 Å². The van der Waals surface area contributed by atoms with E-state index in [1.165, 1.54) is 12.8 Å². The Morgan fingerprint density at radius 2 is 2.17 bits per heavy atom. The molecule has 0 aromatic carbocycles. The molecular weight excluding hydrogens is 222 g/mol. The second kappa shape index (κ2) is 6.19. The quantitative estimate of drug-likeness (QED) is 0.887. The molecule has 1 aliphatic heterocycles. The Hall–Kier alpha value is -1.09. The van der Waals surface area contributed by atoms with E-state index in [0.29, 0.717) is 6.04 Å². The van der Waals surface area contributed by atoms with Gasteiger partial charge < -0.3 is 10.2 Å². The van der Waals surface area contributed by atoms with Crippen molar-refractivity contribution in [3.8, 4) is 0 Å². The summed E-state index contributed by atoms with van der Waals surface area (Å²) in [5.41, 5.74) is 1.14. The third-order valence-corrected chi connectivity index (χ3v) is 3.76. The molecule has 2 atom stereocenters. The molecule has 1 aromatic heterocycles. The predicted molar refractivity (Wildman–Crippen MR) is 76.8 cm³/mol. The van der Waals surface area contributed by atoms with Gasteiger partial charge in [0.1, 0.15) is 5.82 Å². The van der Waals surface area contributed by atoms with Crippen LogP contribution in [-0.2, 0) is 6.54 Å². The fourth-order valence-corrected chi connectivity index (χ4v) is 2.59. The van der Waals surface area contributed by atoms with Gasteiger partial charge >= 0.3 is 0 Å². The van der Waals surface area contributed by atoms with E-state index in [1.807, 2.05) is 0 Å².